The highest BCUT2D eigenvalue weighted by Crippen LogP contribution is 2.25. The lowest BCUT2D eigenvalue weighted by Gasteiger charge is -2.14. The molecule has 0 spiro atoms. The molecule has 0 bridgehead atoms. The summed E-state index contributed by atoms with van der Waals surface area (Å²) in [4.78, 5) is 34.8. The third-order valence-corrected chi connectivity index (χ3v) is 3.64. The Bertz CT molecular complexity index is 850. The first kappa shape index (κ1) is 18.9. The number of carbonyl (C=O) groups excluding carboxylic acids is 2. The number of amides is 1. The summed E-state index contributed by atoms with van der Waals surface area (Å²) in [5.41, 5.74) is 1.58. The van der Waals surface area contributed by atoms with Gasteiger partial charge < -0.3 is 15.4 Å². The molecule has 0 unspecified atom stereocenters. The van der Waals surface area contributed by atoms with Crippen LogP contribution in [-0.4, -0.2) is 30.0 Å². The molecule has 2 aromatic rings. The molecule has 0 aliphatic rings. The van der Waals surface area contributed by atoms with Crippen molar-refractivity contribution in [1.82, 2.24) is 0 Å². The molecule has 0 aliphatic heterocycles. The Morgan fingerprint density at radius 2 is 1.92 bits per heavy atom. The lowest BCUT2D eigenvalue weighted by molar-refractivity contribution is -0.384. The van der Waals surface area contributed by atoms with E-state index in [1.165, 1.54) is 26.1 Å². The maximum absolute atomic E-state index is 12.2. The molecule has 8 nitrogen and oxygen atoms in total. The van der Waals surface area contributed by atoms with Crippen LogP contribution in [0.3, 0.4) is 0 Å². The van der Waals surface area contributed by atoms with Gasteiger partial charge in [-0.2, -0.15) is 0 Å². The molecule has 0 heterocycles. The number of aryl methyl sites for hydroxylation is 1. The summed E-state index contributed by atoms with van der Waals surface area (Å²) in [6.07, 6.45) is -1.06. The molecule has 0 aromatic heterocycles. The van der Waals surface area contributed by atoms with E-state index < -0.39 is 22.9 Å². The van der Waals surface area contributed by atoms with Gasteiger partial charge in [-0.3, -0.25) is 14.9 Å². The Kier molecular flexibility index (Phi) is 5.90. The zero-order valence-electron chi connectivity index (χ0n) is 14.6. The van der Waals surface area contributed by atoms with E-state index in [1.54, 1.807) is 18.2 Å². The molecule has 2 rings (SSSR count). The van der Waals surface area contributed by atoms with Crippen molar-refractivity contribution in [3.05, 3.63) is 63.7 Å². The van der Waals surface area contributed by atoms with E-state index in [2.05, 4.69) is 10.6 Å². The van der Waals surface area contributed by atoms with Crippen molar-refractivity contribution >= 4 is 28.9 Å². The van der Waals surface area contributed by atoms with Gasteiger partial charge in [0.1, 0.15) is 5.69 Å². The number of hydrogen-bond acceptors (Lipinski definition) is 6. The van der Waals surface area contributed by atoms with Gasteiger partial charge in [-0.1, -0.05) is 12.1 Å². The minimum atomic E-state index is -1.06. The van der Waals surface area contributed by atoms with Crippen LogP contribution in [0.2, 0.25) is 0 Å². The molecular weight excluding hydrogens is 338 g/mol. The second kappa shape index (κ2) is 8.11. The summed E-state index contributed by atoms with van der Waals surface area (Å²) in [6.45, 7) is 3.32. The number of nitro groups is 1. The van der Waals surface area contributed by atoms with Crippen molar-refractivity contribution in [2.75, 3.05) is 17.7 Å². The smallest absolute Gasteiger partial charge is 0.339 e. The maximum Gasteiger partial charge on any atom is 0.339 e. The van der Waals surface area contributed by atoms with Crippen molar-refractivity contribution in [2.45, 2.75) is 20.0 Å². The maximum atomic E-state index is 12.2. The number of esters is 1. The number of nitrogens with one attached hydrogen (secondary N) is 2. The Hall–Kier alpha value is -3.42. The first-order valence-corrected chi connectivity index (χ1v) is 7.86. The van der Waals surface area contributed by atoms with Crippen molar-refractivity contribution in [3.8, 4) is 0 Å². The van der Waals surface area contributed by atoms with Crippen LogP contribution in [0, 0.1) is 17.0 Å². The molecular formula is C18H19N3O5. The third-order valence-electron chi connectivity index (χ3n) is 3.64. The van der Waals surface area contributed by atoms with Gasteiger partial charge in [-0.05, 0) is 43.7 Å². The number of ether oxygens (including phenoxy) is 1. The van der Waals surface area contributed by atoms with Gasteiger partial charge >= 0.3 is 5.97 Å². The van der Waals surface area contributed by atoms with E-state index >= 15 is 0 Å². The topological polar surface area (TPSA) is 111 Å². The Morgan fingerprint density at radius 1 is 1.19 bits per heavy atom. The second-order valence-electron chi connectivity index (χ2n) is 5.65. The summed E-state index contributed by atoms with van der Waals surface area (Å²) < 4.78 is 5.11. The number of anilines is 2. The van der Waals surface area contributed by atoms with Gasteiger partial charge in [0.15, 0.2) is 6.10 Å². The number of hydrogen-bond donors (Lipinski definition) is 2. The zero-order valence-corrected chi connectivity index (χ0v) is 14.6. The van der Waals surface area contributed by atoms with Crippen LogP contribution in [0.25, 0.3) is 0 Å². The van der Waals surface area contributed by atoms with E-state index in [1.807, 2.05) is 13.0 Å². The molecule has 0 saturated carbocycles. The third kappa shape index (κ3) is 4.56. The largest absolute Gasteiger partial charge is 0.449 e. The molecule has 0 radical (unpaired) electrons. The summed E-state index contributed by atoms with van der Waals surface area (Å²) in [5, 5.41) is 16.4. The monoisotopic (exact) mass is 357 g/mol. The number of benzene rings is 2. The molecule has 26 heavy (non-hydrogen) atoms. The number of nitrogens with zero attached hydrogens (tertiary/aromatic N) is 1. The zero-order chi connectivity index (χ0) is 19.3. The highest BCUT2D eigenvalue weighted by atomic mass is 16.6. The molecule has 2 aromatic carbocycles. The first-order valence-electron chi connectivity index (χ1n) is 7.86. The van der Waals surface area contributed by atoms with Crippen LogP contribution >= 0.6 is 0 Å². The quantitative estimate of drug-likeness (QED) is 0.467. The number of nitro benzene ring substituents is 1. The standard InChI is InChI=1S/C18H19N3O5/c1-11-5-4-6-14(9-11)20-17(22)12(2)26-18(23)13-7-8-15(19-3)16(10-13)21(24)25/h4-10,12,19H,1-3H3,(H,20,22)/t12-/m1/s1. The van der Waals surface area contributed by atoms with Crippen LogP contribution in [0.15, 0.2) is 42.5 Å². The minimum Gasteiger partial charge on any atom is -0.449 e. The lowest BCUT2D eigenvalue weighted by atomic mass is 10.1. The van der Waals surface area contributed by atoms with Crippen LogP contribution < -0.4 is 10.6 Å². The van der Waals surface area contributed by atoms with Gasteiger partial charge in [-0.15, -0.1) is 0 Å². The average Bonchev–Trinajstić information content (AvgIpc) is 2.60. The Labute approximate surface area is 150 Å². The molecule has 0 aliphatic carbocycles. The summed E-state index contributed by atoms with van der Waals surface area (Å²) in [6, 6.07) is 11.1. The highest BCUT2D eigenvalue weighted by molar-refractivity contribution is 5.97. The minimum absolute atomic E-state index is 0.00842. The summed E-state index contributed by atoms with van der Waals surface area (Å²) in [5.74, 6) is -1.31. The van der Waals surface area contributed by atoms with Gasteiger partial charge in [0.05, 0.1) is 10.5 Å². The van der Waals surface area contributed by atoms with E-state index in [0.29, 0.717) is 5.69 Å². The van der Waals surface area contributed by atoms with Crippen molar-refractivity contribution < 1.29 is 19.2 Å². The number of rotatable bonds is 6. The molecule has 136 valence electrons. The van der Waals surface area contributed by atoms with Crippen LogP contribution in [-0.2, 0) is 9.53 Å². The van der Waals surface area contributed by atoms with Crippen LogP contribution in [0.4, 0.5) is 17.1 Å². The fourth-order valence-corrected chi connectivity index (χ4v) is 2.27. The predicted molar refractivity (Wildman–Crippen MR) is 97.3 cm³/mol. The van der Waals surface area contributed by atoms with E-state index in [4.69, 9.17) is 4.74 Å². The highest BCUT2D eigenvalue weighted by Gasteiger charge is 2.22. The molecule has 1 atom stereocenters. The fourth-order valence-electron chi connectivity index (χ4n) is 2.27. The van der Waals surface area contributed by atoms with Crippen molar-refractivity contribution in [2.24, 2.45) is 0 Å². The van der Waals surface area contributed by atoms with Gasteiger partial charge in [-0.25, -0.2) is 4.79 Å². The average molecular weight is 357 g/mol. The van der Waals surface area contributed by atoms with E-state index in [9.17, 15) is 19.7 Å². The fraction of sp³-hybridized carbons (Fsp3) is 0.222. The summed E-state index contributed by atoms with van der Waals surface area (Å²) >= 11 is 0. The molecule has 0 saturated heterocycles. The molecule has 8 heteroatoms. The molecule has 2 N–H and O–H groups in total. The lowest BCUT2D eigenvalue weighted by Crippen LogP contribution is -2.30. The van der Waals surface area contributed by atoms with Crippen LogP contribution in [0.1, 0.15) is 22.8 Å². The Balaban J connectivity index is 2.07. The first-order chi connectivity index (χ1) is 12.3. The summed E-state index contributed by atoms with van der Waals surface area (Å²) in [7, 11) is 1.54. The Morgan fingerprint density at radius 3 is 2.54 bits per heavy atom. The van der Waals surface area contributed by atoms with E-state index in [0.717, 1.165) is 11.6 Å². The normalized spacial score (nSPS) is 11.3. The van der Waals surface area contributed by atoms with E-state index in [-0.39, 0.29) is 16.9 Å². The van der Waals surface area contributed by atoms with Gasteiger partial charge in [0, 0.05) is 18.8 Å². The molecule has 0 fully saturated rings. The van der Waals surface area contributed by atoms with Crippen molar-refractivity contribution in [1.29, 1.82) is 0 Å². The van der Waals surface area contributed by atoms with Crippen molar-refractivity contribution in [3.63, 3.8) is 0 Å². The predicted octanol–water partition coefficient (Wildman–Crippen LogP) is 3.13. The number of carbonyl (C=O) groups is 2. The van der Waals surface area contributed by atoms with Crippen LogP contribution in [0.5, 0.6) is 0 Å². The molecule has 1 amide bonds. The SMILES string of the molecule is CNc1ccc(C(=O)O[C@H](C)C(=O)Nc2cccc(C)c2)cc1[N+](=O)[O-]. The second-order valence-corrected chi connectivity index (χ2v) is 5.65. The van der Waals surface area contributed by atoms with Gasteiger partial charge in [0.25, 0.3) is 11.6 Å². The van der Waals surface area contributed by atoms with Gasteiger partial charge in [0.2, 0.25) is 0 Å².